The normalized spacial score (nSPS) is 9.46. The predicted octanol–water partition coefficient (Wildman–Crippen LogP) is 1.93. The van der Waals surface area contributed by atoms with Gasteiger partial charge in [-0.1, -0.05) is 19.0 Å². The molecule has 0 radical (unpaired) electrons. The zero-order valence-corrected chi connectivity index (χ0v) is 8.02. The van der Waals surface area contributed by atoms with Crippen molar-refractivity contribution in [3.63, 3.8) is 0 Å². The highest BCUT2D eigenvalue weighted by molar-refractivity contribution is 5.79. The van der Waals surface area contributed by atoms with Crippen LogP contribution in [0, 0.1) is 6.92 Å². The third kappa shape index (κ3) is 3.55. The van der Waals surface area contributed by atoms with Crippen LogP contribution in [0.5, 0.6) is 5.75 Å². The van der Waals surface area contributed by atoms with Crippen molar-refractivity contribution in [3.8, 4) is 5.75 Å². The summed E-state index contributed by atoms with van der Waals surface area (Å²) >= 11 is 0. The van der Waals surface area contributed by atoms with Gasteiger partial charge in [0.2, 0.25) is 0 Å². The van der Waals surface area contributed by atoms with E-state index in [1.165, 1.54) is 18.5 Å². The molecule has 0 unspecified atom stereocenters. The zero-order valence-electron chi connectivity index (χ0n) is 8.02. The van der Waals surface area contributed by atoms with Gasteiger partial charge >= 0.3 is 0 Å². The highest BCUT2D eigenvalue weighted by Crippen LogP contribution is 2.12. The highest BCUT2D eigenvalue weighted by Gasteiger charge is 1.96. The van der Waals surface area contributed by atoms with Crippen molar-refractivity contribution >= 4 is 6.21 Å². The monoisotopic (exact) mass is 182 g/mol. The van der Waals surface area contributed by atoms with Crippen LogP contribution < -0.4 is 0 Å². The first-order chi connectivity index (χ1) is 6.24. The molecule has 72 valence electrons. The van der Waals surface area contributed by atoms with Gasteiger partial charge in [-0.05, 0) is 13.0 Å². The number of hydrogen-bond donors (Lipinski definition) is 2. The van der Waals surface area contributed by atoms with Crippen LogP contribution in [0.3, 0.4) is 0 Å². The molecule has 0 saturated heterocycles. The molecule has 1 rings (SSSR count). The van der Waals surface area contributed by atoms with Crippen molar-refractivity contribution in [1.29, 1.82) is 0 Å². The first-order valence-corrected chi connectivity index (χ1v) is 4.07. The maximum atomic E-state index is 9.12. The molecule has 0 spiro atoms. The van der Waals surface area contributed by atoms with Gasteiger partial charge in [-0.15, -0.1) is 0 Å². The zero-order chi connectivity index (χ0) is 10.3. The summed E-state index contributed by atoms with van der Waals surface area (Å²) in [5.41, 5.74) is 1.12. The summed E-state index contributed by atoms with van der Waals surface area (Å²) in [4.78, 5) is 3.84. The standard InChI is InChI=1S/C7H8N2O2.C2H6/c1-5-7(10)2-6(3-8-5)4-9-11;1-2/h2-4,10-11H,1H3;1-2H3/b9-4-;. The molecule has 13 heavy (non-hydrogen) atoms. The number of rotatable bonds is 1. The first kappa shape index (κ1) is 11.4. The molecular weight excluding hydrogens is 168 g/mol. The molecule has 0 fully saturated rings. The van der Waals surface area contributed by atoms with Crippen molar-refractivity contribution in [2.24, 2.45) is 5.16 Å². The average molecular weight is 182 g/mol. The number of nitrogens with zero attached hydrogens (tertiary/aromatic N) is 2. The summed E-state index contributed by atoms with van der Waals surface area (Å²) in [6.07, 6.45) is 2.71. The van der Waals surface area contributed by atoms with E-state index in [0.29, 0.717) is 11.3 Å². The maximum absolute atomic E-state index is 9.12. The van der Waals surface area contributed by atoms with Crippen LogP contribution in [-0.2, 0) is 0 Å². The van der Waals surface area contributed by atoms with E-state index in [-0.39, 0.29) is 5.75 Å². The third-order valence-corrected chi connectivity index (χ3v) is 1.29. The fraction of sp³-hybridized carbons (Fsp3) is 0.333. The minimum Gasteiger partial charge on any atom is -0.506 e. The molecular formula is C9H14N2O2. The van der Waals surface area contributed by atoms with E-state index in [1.807, 2.05) is 13.8 Å². The van der Waals surface area contributed by atoms with Gasteiger partial charge in [-0.2, -0.15) is 0 Å². The van der Waals surface area contributed by atoms with Gasteiger partial charge in [0.05, 0.1) is 11.9 Å². The molecule has 1 aromatic heterocycles. The van der Waals surface area contributed by atoms with Crippen LogP contribution in [-0.4, -0.2) is 21.5 Å². The maximum Gasteiger partial charge on any atom is 0.137 e. The summed E-state index contributed by atoms with van der Waals surface area (Å²) < 4.78 is 0. The Hall–Kier alpha value is -1.58. The van der Waals surface area contributed by atoms with Gasteiger partial charge in [0, 0.05) is 11.8 Å². The second kappa shape index (κ2) is 5.99. The first-order valence-electron chi connectivity index (χ1n) is 4.07. The Morgan fingerprint density at radius 1 is 1.46 bits per heavy atom. The Balaban J connectivity index is 0.000000671. The van der Waals surface area contributed by atoms with Gasteiger partial charge in [0.25, 0.3) is 0 Å². The number of aromatic hydroxyl groups is 1. The van der Waals surface area contributed by atoms with Gasteiger partial charge in [0.1, 0.15) is 5.75 Å². The van der Waals surface area contributed by atoms with Crippen LogP contribution in [0.4, 0.5) is 0 Å². The Morgan fingerprint density at radius 3 is 2.54 bits per heavy atom. The molecule has 2 N–H and O–H groups in total. The second-order valence-corrected chi connectivity index (χ2v) is 2.12. The van der Waals surface area contributed by atoms with E-state index in [1.54, 1.807) is 6.92 Å². The molecule has 0 saturated carbocycles. The lowest BCUT2D eigenvalue weighted by molar-refractivity contribution is 0.322. The van der Waals surface area contributed by atoms with Crippen LogP contribution in [0.1, 0.15) is 25.1 Å². The largest absolute Gasteiger partial charge is 0.506 e. The molecule has 0 bridgehead atoms. The van der Waals surface area contributed by atoms with Crippen molar-refractivity contribution < 1.29 is 10.3 Å². The van der Waals surface area contributed by atoms with Crippen LogP contribution in [0.25, 0.3) is 0 Å². The van der Waals surface area contributed by atoms with Crippen molar-refractivity contribution in [3.05, 3.63) is 23.5 Å². The molecule has 0 amide bonds. The molecule has 0 atom stereocenters. The van der Waals surface area contributed by atoms with Crippen LogP contribution in [0.2, 0.25) is 0 Å². The van der Waals surface area contributed by atoms with Gasteiger partial charge in [-0.25, -0.2) is 0 Å². The van der Waals surface area contributed by atoms with Gasteiger partial charge in [0.15, 0.2) is 0 Å². The quantitative estimate of drug-likeness (QED) is 0.396. The molecule has 4 heteroatoms. The smallest absolute Gasteiger partial charge is 0.137 e. The summed E-state index contributed by atoms with van der Waals surface area (Å²) in [5, 5.41) is 20.1. The fourth-order valence-electron chi connectivity index (χ4n) is 0.674. The topological polar surface area (TPSA) is 65.7 Å². The Labute approximate surface area is 77.6 Å². The minimum atomic E-state index is 0.0994. The lowest BCUT2D eigenvalue weighted by atomic mass is 10.2. The summed E-state index contributed by atoms with van der Waals surface area (Å²) in [5.74, 6) is 0.0994. The Morgan fingerprint density at radius 2 is 2.08 bits per heavy atom. The lowest BCUT2D eigenvalue weighted by Crippen LogP contribution is -1.86. The van der Waals surface area contributed by atoms with E-state index >= 15 is 0 Å². The van der Waals surface area contributed by atoms with E-state index in [0.717, 1.165) is 0 Å². The van der Waals surface area contributed by atoms with Crippen molar-refractivity contribution in [2.75, 3.05) is 0 Å². The van der Waals surface area contributed by atoms with E-state index < -0.39 is 0 Å². The molecule has 0 aromatic carbocycles. The number of hydrogen-bond acceptors (Lipinski definition) is 4. The fourth-order valence-corrected chi connectivity index (χ4v) is 0.674. The summed E-state index contributed by atoms with van der Waals surface area (Å²) in [6.45, 7) is 5.69. The Kier molecular flexibility index (Phi) is 5.27. The van der Waals surface area contributed by atoms with Crippen molar-refractivity contribution in [1.82, 2.24) is 4.98 Å². The SMILES string of the molecule is CC.Cc1ncc(/C=N\O)cc1O. The molecule has 1 aromatic rings. The number of pyridine rings is 1. The summed E-state index contributed by atoms with van der Waals surface area (Å²) in [6, 6.07) is 1.47. The van der Waals surface area contributed by atoms with E-state index in [4.69, 9.17) is 10.3 Å². The highest BCUT2D eigenvalue weighted by atomic mass is 16.4. The van der Waals surface area contributed by atoms with Gasteiger partial charge < -0.3 is 10.3 Å². The van der Waals surface area contributed by atoms with E-state index in [2.05, 4.69) is 10.1 Å². The number of aryl methyl sites for hydroxylation is 1. The lowest BCUT2D eigenvalue weighted by Gasteiger charge is -1.96. The van der Waals surface area contributed by atoms with Crippen LogP contribution in [0.15, 0.2) is 17.4 Å². The molecule has 0 aliphatic carbocycles. The predicted molar refractivity (Wildman–Crippen MR) is 51.4 cm³/mol. The van der Waals surface area contributed by atoms with Crippen LogP contribution >= 0.6 is 0 Å². The number of aromatic nitrogens is 1. The van der Waals surface area contributed by atoms with E-state index in [9.17, 15) is 0 Å². The van der Waals surface area contributed by atoms with Crippen molar-refractivity contribution in [2.45, 2.75) is 20.8 Å². The summed E-state index contributed by atoms with van der Waals surface area (Å²) in [7, 11) is 0. The molecule has 0 aliphatic heterocycles. The number of oxime groups is 1. The van der Waals surface area contributed by atoms with Gasteiger partial charge in [-0.3, -0.25) is 4.98 Å². The minimum absolute atomic E-state index is 0.0994. The molecule has 4 nitrogen and oxygen atoms in total. The molecule has 1 heterocycles. The third-order valence-electron chi connectivity index (χ3n) is 1.29. The second-order valence-electron chi connectivity index (χ2n) is 2.12. The molecule has 0 aliphatic rings. The average Bonchev–Trinajstić information content (AvgIpc) is 2.15. The Bertz CT molecular complexity index is 285.